The molecule has 26 heavy (non-hydrogen) atoms. The van der Waals surface area contributed by atoms with Gasteiger partial charge in [0.15, 0.2) is 12.6 Å². The minimum Gasteiger partial charge on any atom is -0.480 e. The monoisotopic (exact) mass is 374 g/mol. The molecule has 0 amide bonds. The number of aromatic nitrogens is 2. The third-order valence-electron chi connectivity index (χ3n) is 4.16. The van der Waals surface area contributed by atoms with Gasteiger partial charge in [0, 0.05) is 40.9 Å². The molecule has 3 rings (SSSR count). The summed E-state index contributed by atoms with van der Waals surface area (Å²) >= 11 is 1.31. The number of hydrogen-bond donors (Lipinski definition) is 1. The highest BCUT2D eigenvalue weighted by Crippen LogP contribution is 2.38. The van der Waals surface area contributed by atoms with Crippen LogP contribution in [0.25, 0.3) is 21.5 Å². The first kappa shape index (κ1) is 18.6. The lowest BCUT2D eigenvalue weighted by Gasteiger charge is -2.09. The van der Waals surface area contributed by atoms with Gasteiger partial charge in [0.2, 0.25) is 5.88 Å². The number of nitrogens with zero attached hydrogens (tertiary/aromatic N) is 2. The van der Waals surface area contributed by atoms with Crippen LogP contribution in [0.2, 0.25) is 0 Å². The first-order valence-corrected chi connectivity index (χ1v) is 9.26. The molecule has 2 heterocycles. The number of aliphatic hydroxyl groups excluding tert-OH is 1. The van der Waals surface area contributed by atoms with E-state index in [-0.39, 0.29) is 6.04 Å². The van der Waals surface area contributed by atoms with Crippen molar-refractivity contribution in [2.75, 3.05) is 13.7 Å². The zero-order valence-corrected chi connectivity index (χ0v) is 16.0. The van der Waals surface area contributed by atoms with Crippen molar-refractivity contribution in [3.05, 3.63) is 34.8 Å². The molecule has 2 aromatic heterocycles. The van der Waals surface area contributed by atoms with Gasteiger partial charge in [-0.05, 0) is 39.0 Å². The van der Waals surface area contributed by atoms with Crippen molar-refractivity contribution < 1.29 is 19.4 Å². The van der Waals surface area contributed by atoms with E-state index in [9.17, 15) is 9.90 Å². The lowest BCUT2D eigenvalue weighted by Crippen LogP contribution is -2.02. The lowest BCUT2D eigenvalue weighted by molar-refractivity contribution is -0.0966. The first-order valence-electron chi connectivity index (χ1n) is 8.44. The van der Waals surface area contributed by atoms with Crippen LogP contribution >= 0.6 is 11.3 Å². The standard InChI is InChI=1S/C19H22N2O4S/c1-5-25-19(23)16-17(24-4)20-18(26-16)12-6-7-15-14(8-12)13(10-22)9-21(15)11(2)3/h6-11,19,23H,5H2,1-4H3. The van der Waals surface area contributed by atoms with Crippen LogP contribution in [0.15, 0.2) is 24.4 Å². The van der Waals surface area contributed by atoms with E-state index >= 15 is 0 Å². The molecule has 0 saturated carbocycles. The number of carbonyl (C=O) groups excluding carboxylic acids is 1. The fraction of sp³-hybridized carbons (Fsp3) is 0.368. The van der Waals surface area contributed by atoms with Gasteiger partial charge in [0.05, 0.1) is 7.11 Å². The molecule has 1 N–H and O–H groups in total. The van der Waals surface area contributed by atoms with E-state index in [1.54, 1.807) is 0 Å². The van der Waals surface area contributed by atoms with Crippen LogP contribution in [0.5, 0.6) is 5.88 Å². The number of fused-ring (bicyclic) bond motifs is 1. The number of aldehydes is 1. The maximum absolute atomic E-state index is 11.5. The third-order valence-corrected chi connectivity index (χ3v) is 5.27. The summed E-state index contributed by atoms with van der Waals surface area (Å²) in [6, 6.07) is 6.16. The Morgan fingerprint density at radius 3 is 2.77 bits per heavy atom. The van der Waals surface area contributed by atoms with Gasteiger partial charge >= 0.3 is 0 Å². The Hall–Kier alpha value is -2.22. The largest absolute Gasteiger partial charge is 0.480 e. The summed E-state index contributed by atoms with van der Waals surface area (Å²) in [7, 11) is 1.51. The molecule has 0 saturated heterocycles. The number of benzene rings is 1. The highest BCUT2D eigenvalue weighted by atomic mass is 32.1. The molecule has 1 unspecified atom stereocenters. The van der Waals surface area contributed by atoms with Crippen molar-refractivity contribution in [1.82, 2.24) is 9.55 Å². The second-order valence-corrected chi connectivity index (χ2v) is 7.17. The summed E-state index contributed by atoms with van der Waals surface area (Å²) in [5.74, 6) is 0.349. The topological polar surface area (TPSA) is 73.6 Å². The normalized spacial score (nSPS) is 12.7. The highest BCUT2D eigenvalue weighted by molar-refractivity contribution is 7.15. The molecular weight excluding hydrogens is 352 g/mol. The van der Waals surface area contributed by atoms with Crippen LogP contribution < -0.4 is 4.74 Å². The second-order valence-electron chi connectivity index (χ2n) is 6.14. The average molecular weight is 374 g/mol. The highest BCUT2D eigenvalue weighted by Gasteiger charge is 2.21. The van der Waals surface area contributed by atoms with Gasteiger partial charge < -0.3 is 19.1 Å². The van der Waals surface area contributed by atoms with E-state index < -0.39 is 6.29 Å². The number of thiazole rings is 1. The fourth-order valence-electron chi connectivity index (χ4n) is 2.91. The predicted octanol–water partition coefficient (Wildman–Crippen LogP) is 4.19. The maximum Gasteiger partial charge on any atom is 0.233 e. The van der Waals surface area contributed by atoms with Gasteiger partial charge in [-0.25, -0.2) is 4.98 Å². The number of aliphatic hydroxyl groups is 1. The van der Waals surface area contributed by atoms with Crippen molar-refractivity contribution >= 4 is 28.5 Å². The summed E-state index contributed by atoms with van der Waals surface area (Å²) in [6.45, 7) is 6.35. The minimum atomic E-state index is -1.07. The van der Waals surface area contributed by atoms with E-state index in [1.807, 2.05) is 31.3 Å². The predicted molar refractivity (Wildman–Crippen MR) is 102 cm³/mol. The molecule has 1 aromatic carbocycles. The Morgan fingerprint density at radius 2 is 2.15 bits per heavy atom. The lowest BCUT2D eigenvalue weighted by atomic mass is 10.1. The van der Waals surface area contributed by atoms with Gasteiger partial charge in [-0.15, -0.1) is 11.3 Å². The number of ether oxygens (including phenoxy) is 2. The Bertz CT molecular complexity index is 929. The third kappa shape index (κ3) is 3.25. The van der Waals surface area contributed by atoms with Crippen LogP contribution in [0.3, 0.4) is 0 Å². The summed E-state index contributed by atoms with van der Waals surface area (Å²) in [6.07, 6.45) is 1.67. The van der Waals surface area contributed by atoms with E-state index in [0.717, 1.165) is 22.8 Å². The fourth-order valence-corrected chi connectivity index (χ4v) is 3.88. The average Bonchev–Trinajstić information content (AvgIpc) is 3.22. The van der Waals surface area contributed by atoms with E-state index in [4.69, 9.17) is 9.47 Å². The number of hydrogen-bond acceptors (Lipinski definition) is 6. The van der Waals surface area contributed by atoms with Crippen LogP contribution in [0, 0.1) is 0 Å². The molecule has 0 bridgehead atoms. The molecular formula is C19H22N2O4S. The Kier molecular flexibility index (Phi) is 5.41. The van der Waals surface area contributed by atoms with Gasteiger partial charge in [-0.1, -0.05) is 0 Å². The maximum atomic E-state index is 11.5. The van der Waals surface area contributed by atoms with Gasteiger partial charge in [0.1, 0.15) is 9.88 Å². The van der Waals surface area contributed by atoms with Crippen molar-refractivity contribution in [1.29, 1.82) is 0 Å². The molecule has 6 nitrogen and oxygen atoms in total. The molecule has 0 aliphatic rings. The van der Waals surface area contributed by atoms with E-state index in [0.29, 0.717) is 27.9 Å². The van der Waals surface area contributed by atoms with Crippen LogP contribution in [-0.2, 0) is 4.74 Å². The Labute approximate surface area is 156 Å². The summed E-state index contributed by atoms with van der Waals surface area (Å²) < 4.78 is 12.6. The number of rotatable bonds is 7. The SMILES string of the molecule is CCOC(O)c1sc(-c2ccc3c(c2)c(C=O)cn3C(C)C)nc1OC. The molecule has 3 aromatic rings. The molecule has 0 radical (unpaired) electrons. The number of carbonyl (C=O) groups is 1. The molecule has 0 aliphatic heterocycles. The molecule has 7 heteroatoms. The van der Waals surface area contributed by atoms with Gasteiger partial charge in [-0.2, -0.15) is 0 Å². The summed E-state index contributed by atoms with van der Waals surface area (Å²) in [5, 5.41) is 11.7. The van der Waals surface area contributed by atoms with Gasteiger partial charge in [-0.3, -0.25) is 4.79 Å². The molecule has 1 atom stereocenters. The van der Waals surface area contributed by atoms with E-state index in [2.05, 4.69) is 23.4 Å². The number of methoxy groups -OCH3 is 1. The molecule has 0 spiro atoms. The van der Waals surface area contributed by atoms with Crippen LogP contribution in [-0.4, -0.2) is 34.7 Å². The van der Waals surface area contributed by atoms with Crippen molar-refractivity contribution in [2.24, 2.45) is 0 Å². The molecule has 0 aliphatic carbocycles. The van der Waals surface area contributed by atoms with Crippen molar-refractivity contribution in [3.8, 4) is 16.5 Å². The molecule has 0 fully saturated rings. The van der Waals surface area contributed by atoms with Crippen LogP contribution in [0.1, 0.15) is 48.3 Å². The zero-order valence-electron chi connectivity index (χ0n) is 15.2. The smallest absolute Gasteiger partial charge is 0.233 e. The van der Waals surface area contributed by atoms with Crippen molar-refractivity contribution in [2.45, 2.75) is 33.1 Å². The summed E-state index contributed by atoms with van der Waals surface area (Å²) in [4.78, 5) is 16.5. The van der Waals surface area contributed by atoms with Gasteiger partial charge in [0.25, 0.3) is 0 Å². The second kappa shape index (κ2) is 7.57. The first-order chi connectivity index (χ1) is 12.5. The quantitative estimate of drug-likeness (QED) is 0.496. The van der Waals surface area contributed by atoms with Crippen molar-refractivity contribution in [3.63, 3.8) is 0 Å². The Morgan fingerprint density at radius 1 is 1.38 bits per heavy atom. The van der Waals surface area contributed by atoms with E-state index in [1.165, 1.54) is 18.4 Å². The zero-order chi connectivity index (χ0) is 18.8. The minimum absolute atomic E-state index is 0.255. The van der Waals surface area contributed by atoms with Crippen LogP contribution in [0.4, 0.5) is 0 Å². The molecule has 138 valence electrons. The summed E-state index contributed by atoms with van der Waals surface area (Å²) in [5.41, 5.74) is 2.51. The Balaban J connectivity index is 2.10.